The molecule has 1 aliphatic carbocycles. The lowest BCUT2D eigenvalue weighted by Crippen LogP contribution is -2.50. The number of hydrazine groups is 1. The van der Waals surface area contributed by atoms with Gasteiger partial charge in [0.25, 0.3) is 0 Å². The third-order valence-corrected chi connectivity index (χ3v) is 6.43. The summed E-state index contributed by atoms with van der Waals surface area (Å²) in [4.78, 5) is 12.4. The first-order valence-corrected chi connectivity index (χ1v) is 10.2. The summed E-state index contributed by atoms with van der Waals surface area (Å²) < 4.78 is 5.59. The molecule has 7 heteroatoms. The first-order valence-electron chi connectivity index (χ1n) is 10.2. The highest BCUT2D eigenvalue weighted by molar-refractivity contribution is 5.81. The molecule has 0 aromatic heterocycles. The molecule has 7 nitrogen and oxygen atoms in total. The van der Waals surface area contributed by atoms with Crippen LogP contribution in [0.5, 0.6) is 0 Å². The summed E-state index contributed by atoms with van der Waals surface area (Å²) in [5.74, 6) is 13.7. The highest BCUT2D eigenvalue weighted by Gasteiger charge is 2.38. The number of carbonyl (C=O) groups excluding carboxylic acids is 1. The highest BCUT2D eigenvalue weighted by Crippen LogP contribution is 2.40. The number of nitrogens with zero attached hydrogens (tertiary/aromatic N) is 1. The number of piperidine rings is 1. The second kappa shape index (κ2) is 10.7. The quantitative estimate of drug-likeness (QED) is 0.171. The van der Waals surface area contributed by atoms with Crippen molar-refractivity contribution in [1.29, 1.82) is 0 Å². The standard InChI is InChI=1S/C19H37N5O2/c1-3-13(4-2)12-26-19(25)17-10-16-9-14(5-7-15(16)11-22-17)6-8-18(23-20)24-21/h13-17,22H,3-12,20-21H2,1-2H3,(H,23,24). The van der Waals surface area contributed by atoms with Crippen LogP contribution >= 0.6 is 0 Å². The smallest absolute Gasteiger partial charge is 0.323 e. The maximum absolute atomic E-state index is 12.4. The molecular formula is C19H37N5O2. The number of rotatable bonds is 8. The highest BCUT2D eigenvalue weighted by atomic mass is 16.5. The Morgan fingerprint density at radius 1 is 1.27 bits per heavy atom. The van der Waals surface area contributed by atoms with Crippen LogP contribution in [0.15, 0.2) is 5.10 Å². The Hall–Kier alpha value is -1.34. The fraction of sp³-hybridized carbons (Fsp3) is 0.895. The first-order chi connectivity index (χ1) is 12.6. The lowest BCUT2D eigenvalue weighted by Gasteiger charge is -2.42. The van der Waals surface area contributed by atoms with Crippen LogP contribution in [0, 0.1) is 23.7 Å². The zero-order valence-electron chi connectivity index (χ0n) is 16.4. The van der Waals surface area contributed by atoms with Gasteiger partial charge in [-0.15, -0.1) is 0 Å². The fourth-order valence-corrected chi connectivity index (χ4v) is 4.44. The molecule has 1 aliphatic heterocycles. The summed E-state index contributed by atoms with van der Waals surface area (Å²) in [6.45, 7) is 5.78. The van der Waals surface area contributed by atoms with Crippen LogP contribution in [-0.2, 0) is 9.53 Å². The number of nitrogens with two attached hydrogens (primary N) is 2. The van der Waals surface area contributed by atoms with E-state index in [2.05, 4.69) is 29.7 Å². The molecule has 2 rings (SSSR count). The van der Waals surface area contributed by atoms with Crippen molar-refractivity contribution in [2.75, 3.05) is 13.2 Å². The molecule has 0 spiro atoms. The normalized spacial score (nSPS) is 29.3. The van der Waals surface area contributed by atoms with E-state index in [9.17, 15) is 4.79 Å². The molecule has 1 saturated heterocycles. The fourth-order valence-electron chi connectivity index (χ4n) is 4.44. The van der Waals surface area contributed by atoms with Crippen molar-refractivity contribution in [1.82, 2.24) is 10.7 Å². The molecule has 0 amide bonds. The predicted molar refractivity (Wildman–Crippen MR) is 104 cm³/mol. The van der Waals surface area contributed by atoms with Crippen molar-refractivity contribution >= 4 is 11.8 Å². The summed E-state index contributed by atoms with van der Waals surface area (Å²) in [6, 6.07) is -0.142. The number of hydrazone groups is 1. The topological polar surface area (TPSA) is 115 Å². The number of carbonyl (C=O) groups is 1. The van der Waals surface area contributed by atoms with Gasteiger partial charge in [0, 0.05) is 6.42 Å². The number of fused-ring (bicyclic) bond motifs is 1. The Labute approximate surface area is 157 Å². The zero-order valence-corrected chi connectivity index (χ0v) is 16.4. The Morgan fingerprint density at radius 2 is 2.04 bits per heavy atom. The van der Waals surface area contributed by atoms with Crippen molar-refractivity contribution < 1.29 is 9.53 Å². The lowest BCUT2D eigenvalue weighted by atomic mass is 9.69. The van der Waals surface area contributed by atoms with Crippen molar-refractivity contribution in [3.05, 3.63) is 0 Å². The van der Waals surface area contributed by atoms with Gasteiger partial charge in [-0.05, 0) is 55.9 Å². The molecule has 0 bridgehead atoms. The van der Waals surface area contributed by atoms with Gasteiger partial charge in [-0.1, -0.05) is 33.1 Å². The zero-order chi connectivity index (χ0) is 18.9. The molecule has 1 heterocycles. The van der Waals surface area contributed by atoms with Gasteiger partial charge in [0.05, 0.1) is 6.61 Å². The van der Waals surface area contributed by atoms with E-state index < -0.39 is 0 Å². The molecule has 26 heavy (non-hydrogen) atoms. The van der Waals surface area contributed by atoms with E-state index in [1.54, 1.807) is 0 Å². The number of nitrogens with one attached hydrogen (secondary N) is 2. The predicted octanol–water partition coefficient (Wildman–Crippen LogP) is 1.88. The average Bonchev–Trinajstić information content (AvgIpc) is 2.68. The monoisotopic (exact) mass is 367 g/mol. The molecular weight excluding hydrogens is 330 g/mol. The van der Waals surface area contributed by atoms with E-state index in [1.807, 2.05) is 0 Å². The molecule has 2 aliphatic rings. The molecule has 0 radical (unpaired) electrons. The number of hydrogen-bond donors (Lipinski definition) is 4. The van der Waals surface area contributed by atoms with Crippen molar-refractivity contribution in [2.24, 2.45) is 40.5 Å². The number of esters is 1. The Kier molecular flexibility index (Phi) is 8.65. The molecule has 0 aromatic carbocycles. The van der Waals surface area contributed by atoms with Gasteiger partial charge in [0.15, 0.2) is 0 Å². The van der Waals surface area contributed by atoms with Gasteiger partial charge in [0.1, 0.15) is 11.9 Å². The van der Waals surface area contributed by atoms with Crippen LogP contribution in [0.4, 0.5) is 0 Å². The molecule has 4 unspecified atom stereocenters. The Balaban J connectivity index is 1.80. The Morgan fingerprint density at radius 3 is 2.69 bits per heavy atom. The van der Waals surface area contributed by atoms with Crippen LogP contribution < -0.4 is 22.4 Å². The van der Waals surface area contributed by atoms with Crippen LogP contribution in [0.1, 0.15) is 65.2 Å². The molecule has 0 aromatic rings. The summed E-state index contributed by atoms with van der Waals surface area (Å²) in [7, 11) is 0. The van der Waals surface area contributed by atoms with Gasteiger partial charge in [-0.3, -0.25) is 4.79 Å². The van der Waals surface area contributed by atoms with E-state index in [4.69, 9.17) is 16.4 Å². The third kappa shape index (κ3) is 5.84. The van der Waals surface area contributed by atoms with Gasteiger partial charge in [-0.25, -0.2) is 5.84 Å². The molecule has 1 saturated carbocycles. The number of hydrogen-bond acceptors (Lipinski definition) is 6. The molecule has 2 fully saturated rings. The van der Waals surface area contributed by atoms with Crippen molar-refractivity contribution in [3.8, 4) is 0 Å². The van der Waals surface area contributed by atoms with Crippen LogP contribution in [0.25, 0.3) is 0 Å². The number of ether oxygens (including phenoxy) is 1. The summed E-state index contributed by atoms with van der Waals surface area (Å²) in [6.07, 6.45) is 8.47. The van der Waals surface area contributed by atoms with Gasteiger partial charge in [-0.2, -0.15) is 5.10 Å². The van der Waals surface area contributed by atoms with Crippen LogP contribution in [0.3, 0.4) is 0 Å². The maximum atomic E-state index is 12.4. The van der Waals surface area contributed by atoms with Gasteiger partial charge in [0.2, 0.25) is 0 Å². The van der Waals surface area contributed by atoms with E-state index in [-0.39, 0.29) is 12.0 Å². The van der Waals surface area contributed by atoms with Crippen LogP contribution in [0.2, 0.25) is 0 Å². The maximum Gasteiger partial charge on any atom is 0.323 e. The minimum atomic E-state index is -0.142. The Bertz CT molecular complexity index is 467. The van der Waals surface area contributed by atoms with Crippen LogP contribution in [-0.4, -0.2) is 31.0 Å². The SMILES string of the molecule is CCC(CC)COC(=O)C1CC2CC(CC/C(=N/N)NN)CCC2CN1. The molecule has 150 valence electrons. The summed E-state index contributed by atoms with van der Waals surface area (Å²) in [5.41, 5.74) is 2.56. The molecule has 4 atom stereocenters. The largest absolute Gasteiger partial charge is 0.464 e. The average molecular weight is 368 g/mol. The summed E-state index contributed by atoms with van der Waals surface area (Å²) in [5, 5.41) is 7.09. The second-order valence-electron chi connectivity index (χ2n) is 7.97. The van der Waals surface area contributed by atoms with E-state index >= 15 is 0 Å². The van der Waals surface area contributed by atoms with E-state index in [0.29, 0.717) is 36.1 Å². The number of amidine groups is 1. The van der Waals surface area contributed by atoms with Crippen molar-refractivity contribution in [2.45, 2.75) is 71.3 Å². The van der Waals surface area contributed by atoms with Crippen molar-refractivity contribution in [3.63, 3.8) is 0 Å². The summed E-state index contributed by atoms with van der Waals surface area (Å²) >= 11 is 0. The van der Waals surface area contributed by atoms with Gasteiger partial charge >= 0.3 is 5.97 Å². The second-order valence-corrected chi connectivity index (χ2v) is 7.97. The molecule has 6 N–H and O–H groups in total. The third-order valence-electron chi connectivity index (χ3n) is 6.43. The lowest BCUT2D eigenvalue weighted by molar-refractivity contribution is -0.149. The first kappa shape index (κ1) is 21.0. The van der Waals surface area contributed by atoms with E-state index in [1.165, 1.54) is 19.3 Å². The van der Waals surface area contributed by atoms with E-state index in [0.717, 1.165) is 38.6 Å². The van der Waals surface area contributed by atoms with Gasteiger partial charge < -0.3 is 21.3 Å². The minimum absolute atomic E-state index is 0.0673. The minimum Gasteiger partial charge on any atom is -0.464 e.